The van der Waals surface area contributed by atoms with Crippen LogP contribution < -0.4 is 15.4 Å². The summed E-state index contributed by atoms with van der Waals surface area (Å²) in [5, 5.41) is 0. The van der Waals surface area contributed by atoms with E-state index in [1.54, 1.807) is 26.0 Å². The molecule has 1 aliphatic heterocycles. The number of fused-ring (bicyclic) bond motifs is 1. The third-order valence-corrected chi connectivity index (χ3v) is 3.71. The SMILES string of the molecule is CC1(C)Oc2ccc(N)nc2N(CC(=O)c2ccc(F)cc2)C1=O. The first-order chi connectivity index (χ1) is 11.3. The van der Waals surface area contributed by atoms with Crippen LogP contribution in [0.3, 0.4) is 0 Å². The van der Waals surface area contributed by atoms with Crippen LogP contribution in [0.1, 0.15) is 24.2 Å². The van der Waals surface area contributed by atoms with Crippen LogP contribution in [-0.2, 0) is 4.79 Å². The summed E-state index contributed by atoms with van der Waals surface area (Å²) in [6.45, 7) is 2.99. The van der Waals surface area contributed by atoms with E-state index < -0.39 is 17.3 Å². The fourth-order valence-electron chi connectivity index (χ4n) is 2.48. The molecule has 2 N–H and O–H groups in total. The Hall–Kier alpha value is -2.96. The summed E-state index contributed by atoms with van der Waals surface area (Å²) in [5.74, 6) is -0.380. The van der Waals surface area contributed by atoms with Crippen molar-refractivity contribution in [3.8, 4) is 5.75 Å². The van der Waals surface area contributed by atoms with Crippen molar-refractivity contribution in [2.24, 2.45) is 0 Å². The minimum Gasteiger partial charge on any atom is -0.474 e. The van der Waals surface area contributed by atoms with Gasteiger partial charge >= 0.3 is 0 Å². The van der Waals surface area contributed by atoms with Crippen LogP contribution in [0.2, 0.25) is 0 Å². The Morgan fingerprint density at radius 3 is 2.58 bits per heavy atom. The number of carbonyl (C=O) groups excluding carboxylic acids is 2. The van der Waals surface area contributed by atoms with E-state index in [1.807, 2.05) is 0 Å². The van der Waals surface area contributed by atoms with Gasteiger partial charge in [0.1, 0.15) is 11.6 Å². The van der Waals surface area contributed by atoms with E-state index in [-0.39, 0.29) is 24.0 Å². The molecule has 3 rings (SSSR count). The van der Waals surface area contributed by atoms with E-state index >= 15 is 0 Å². The number of anilines is 2. The van der Waals surface area contributed by atoms with Crippen molar-refractivity contribution in [2.45, 2.75) is 19.4 Å². The highest BCUT2D eigenvalue weighted by molar-refractivity contribution is 6.08. The van der Waals surface area contributed by atoms with Gasteiger partial charge in [-0.3, -0.25) is 14.5 Å². The van der Waals surface area contributed by atoms with E-state index in [0.29, 0.717) is 11.3 Å². The largest absolute Gasteiger partial charge is 0.474 e. The van der Waals surface area contributed by atoms with E-state index in [1.165, 1.54) is 29.2 Å². The van der Waals surface area contributed by atoms with Gasteiger partial charge in [-0.15, -0.1) is 0 Å². The van der Waals surface area contributed by atoms with Crippen molar-refractivity contribution in [1.82, 2.24) is 4.98 Å². The van der Waals surface area contributed by atoms with Gasteiger partial charge in [0.05, 0.1) is 6.54 Å². The van der Waals surface area contributed by atoms with Gasteiger partial charge in [0.25, 0.3) is 5.91 Å². The number of halogens is 1. The van der Waals surface area contributed by atoms with E-state index in [0.717, 1.165) is 0 Å². The molecule has 0 spiro atoms. The summed E-state index contributed by atoms with van der Waals surface area (Å²) in [6, 6.07) is 8.32. The van der Waals surface area contributed by atoms with Crippen LogP contribution in [0.25, 0.3) is 0 Å². The normalized spacial score (nSPS) is 15.6. The van der Waals surface area contributed by atoms with Crippen molar-refractivity contribution in [2.75, 3.05) is 17.2 Å². The number of nitrogens with zero attached hydrogens (tertiary/aromatic N) is 2. The summed E-state index contributed by atoms with van der Waals surface area (Å²) < 4.78 is 18.6. The number of rotatable bonds is 3. The van der Waals surface area contributed by atoms with Crippen LogP contribution in [0, 0.1) is 5.82 Å². The number of aromatic nitrogens is 1. The number of Topliss-reactive ketones (excluding diaryl/α,β-unsaturated/α-hetero) is 1. The number of benzene rings is 1. The third kappa shape index (κ3) is 2.80. The first-order valence-electron chi connectivity index (χ1n) is 7.34. The number of hydrogen-bond acceptors (Lipinski definition) is 5. The molecule has 7 heteroatoms. The molecule has 0 bridgehead atoms. The number of pyridine rings is 1. The van der Waals surface area contributed by atoms with E-state index in [4.69, 9.17) is 10.5 Å². The Morgan fingerprint density at radius 2 is 1.92 bits per heavy atom. The molecule has 1 amide bonds. The summed E-state index contributed by atoms with van der Waals surface area (Å²) in [7, 11) is 0. The predicted octanol–water partition coefficient (Wildman–Crippen LogP) is 2.19. The first-order valence-corrected chi connectivity index (χ1v) is 7.34. The molecule has 0 saturated heterocycles. The predicted molar refractivity (Wildman–Crippen MR) is 86.4 cm³/mol. The number of nitrogens with two attached hydrogens (primary N) is 1. The molecule has 2 aromatic rings. The third-order valence-electron chi connectivity index (χ3n) is 3.71. The monoisotopic (exact) mass is 329 g/mol. The zero-order valence-electron chi connectivity index (χ0n) is 13.2. The molecule has 6 nitrogen and oxygen atoms in total. The fraction of sp³-hybridized carbons (Fsp3) is 0.235. The molecule has 0 atom stereocenters. The second-order valence-corrected chi connectivity index (χ2v) is 5.99. The average molecular weight is 329 g/mol. The highest BCUT2D eigenvalue weighted by atomic mass is 19.1. The van der Waals surface area contributed by atoms with Crippen LogP contribution in [0.15, 0.2) is 36.4 Å². The lowest BCUT2D eigenvalue weighted by atomic mass is 10.0. The molecule has 2 heterocycles. The number of nitrogen functional groups attached to an aromatic ring is 1. The van der Waals surface area contributed by atoms with Gasteiger partial charge in [0, 0.05) is 5.56 Å². The van der Waals surface area contributed by atoms with Crippen molar-refractivity contribution in [3.05, 3.63) is 47.8 Å². The van der Waals surface area contributed by atoms with Crippen LogP contribution in [0.5, 0.6) is 5.75 Å². The Labute approximate surface area is 138 Å². The molecule has 0 aliphatic carbocycles. The number of carbonyl (C=O) groups is 2. The molecule has 124 valence electrons. The summed E-state index contributed by atoms with van der Waals surface area (Å²) in [5.41, 5.74) is 4.86. The van der Waals surface area contributed by atoms with Crippen molar-refractivity contribution in [3.63, 3.8) is 0 Å². The molecule has 1 aliphatic rings. The molecule has 1 aromatic carbocycles. The Morgan fingerprint density at radius 1 is 1.25 bits per heavy atom. The maximum Gasteiger partial charge on any atom is 0.272 e. The van der Waals surface area contributed by atoms with Gasteiger partial charge in [0.2, 0.25) is 0 Å². The molecular formula is C17H16FN3O3. The summed E-state index contributed by atoms with van der Waals surface area (Å²) >= 11 is 0. The van der Waals surface area contributed by atoms with E-state index in [2.05, 4.69) is 4.98 Å². The van der Waals surface area contributed by atoms with Gasteiger partial charge < -0.3 is 10.5 Å². The van der Waals surface area contributed by atoms with Crippen molar-refractivity contribution < 1.29 is 18.7 Å². The fourth-order valence-corrected chi connectivity index (χ4v) is 2.48. The molecule has 0 radical (unpaired) electrons. The Bertz CT molecular complexity index is 818. The topological polar surface area (TPSA) is 85.5 Å². The molecule has 24 heavy (non-hydrogen) atoms. The quantitative estimate of drug-likeness (QED) is 0.873. The minimum absolute atomic E-state index is 0.204. The highest BCUT2D eigenvalue weighted by Crippen LogP contribution is 2.36. The number of ketones is 1. The standard InChI is InChI=1S/C17H16FN3O3/c1-17(2)16(23)21(15-13(24-17)7-8-14(19)20-15)9-12(22)10-3-5-11(18)6-4-10/h3-8H,9H2,1-2H3,(H2,19,20). The number of hydrogen-bond donors (Lipinski definition) is 1. The second kappa shape index (κ2) is 5.59. The zero-order valence-corrected chi connectivity index (χ0v) is 13.2. The van der Waals surface area contributed by atoms with Crippen LogP contribution in [-0.4, -0.2) is 28.8 Å². The maximum absolute atomic E-state index is 13.0. The van der Waals surface area contributed by atoms with Crippen LogP contribution >= 0.6 is 0 Å². The van der Waals surface area contributed by atoms with Crippen molar-refractivity contribution >= 4 is 23.3 Å². The van der Waals surface area contributed by atoms with Crippen LogP contribution in [0.4, 0.5) is 16.0 Å². The second-order valence-electron chi connectivity index (χ2n) is 5.99. The van der Waals surface area contributed by atoms with Gasteiger partial charge in [-0.05, 0) is 50.2 Å². The number of ether oxygens (including phenoxy) is 1. The molecule has 0 unspecified atom stereocenters. The maximum atomic E-state index is 13.0. The molecule has 1 aromatic heterocycles. The first kappa shape index (κ1) is 15.9. The van der Waals surface area contributed by atoms with Gasteiger partial charge in [-0.25, -0.2) is 9.37 Å². The van der Waals surface area contributed by atoms with Crippen molar-refractivity contribution in [1.29, 1.82) is 0 Å². The van der Waals surface area contributed by atoms with Gasteiger partial charge in [-0.2, -0.15) is 0 Å². The lowest BCUT2D eigenvalue weighted by Gasteiger charge is -2.37. The lowest BCUT2D eigenvalue weighted by molar-refractivity contribution is -0.132. The van der Waals surface area contributed by atoms with E-state index in [9.17, 15) is 14.0 Å². The smallest absolute Gasteiger partial charge is 0.272 e. The molecule has 0 saturated carbocycles. The summed E-state index contributed by atoms with van der Waals surface area (Å²) in [4.78, 5) is 30.5. The number of amides is 1. The van der Waals surface area contributed by atoms with Gasteiger partial charge in [0.15, 0.2) is 23.0 Å². The minimum atomic E-state index is -1.13. The average Bonchev–Trinajstić information content (AvgIpc) is 2.53. The highest BCUT2D eigenvalue weighted by Gasteiger charge is 2.42. The Balaban J connectivity index is 1.96. The summed E-state index contributed by atoms with van der Waals surface area (Å²) in [6.07, 6.45) is 0. The molecular weight excluding hydrogens is 313 g/mol. The lowest BCUT2D eigenvalue weighted by Crippen LogP contribution is -2.54. The Kier molecular flexibility index (Phi) is 3.71. The van der Waals surface area contributed by atoms with Gasteiger partial charge in [-0.1, -0.05) is 0 Å². The molecule has 0 fully saturated rings. The zero-order chi connectivity index (χ0) is 17.5.